The third-order valence-electron chi connectivity index (χ3n) is 4.64. The van der Waals surface area contributed by atoms with Gasteiger partial charge in [-0.15, -0.1) is 0 Å². The van der Waals surface area contributed by atoms with Crippen LogP contribution in [0.1, 0.15) is 24.0 Å². The molecule has 1 aromatic heterocycles. The Morgan fingerprint density at radius 3 is 2.39 bits per heavy atom. The molecule has 28 heavy (non-hydrogen) atoms. The van der Waals surface area contributed by atoms with Crippen molar-refractivity contribution in [2.24, 2.45) is 19.8 Å². The predicted molar refractivity (Wildman–Crippen MR) is 100 cm³/mol. The first kappa shape index (κ1) is 19.3. The summed E-state index contributed by atoms with van der Waals surface area (Å²) in [5.74, 6) is -1.16. The number of aromatic nitrogens is 2. The van der Waals surface area contributed by atoms with Crippen molar-refractivity contribution in [3.8, 4) is 11.6 Å². The Kier molecular flexibility index (Phi) is 5.00. The van der Waals surface area contributed by atoms with Crippen molar-refractivity contribution in [1.29, 1.82) is 0 Å². The highest BCUT2D eigenvalue weighted by Crippen LogP contribution is 2.40. The molecule has 0 aliphatic carbocycles. The molecule has 2 aromatic rings. The fraction of sp³-hybridized carbons (Fsp3) is 0.316. The van der Waals surface area contributed by atoms with Crippen molar-refractivity contribution in [3.63, 3.8) is 0 Å². The maximum absolute atomic E-state index is 13.0. The number of carbonyl (C=O) groups excluding carboxylic acids is 1. The second-order valence-corrected chi connectivity index (χ2v) is 6.23. The zero-order valence-corrected chi connectivity index (χ0v) is 16.0. The SMILES string of the molecule is CCOC(=O)C1=C(N)Oc2c(c(=O)n(C)c(=O)n2C)[C@H]1c1ccc(OC)cc1. The summed E-state index contributed by atoms with van der Waals surface area (Å²) in [6.45, 7) is 1.79. The van der Waals surface area contributed by atoms with E-state index in [2.05, 4.69) is 0 Å². The van der Waals surface area contributed by atoms with Gasteiger partial charge in [0.15, 0.2) is 0 Å². The third kappa shape index (κ3) is 2.94. The summed E-state index contributed by atoms with van der Waals surface area (Å²) >= 11 is 0. The zero-order valence-electron chi connectivity index (χ0n) is 16.0. The van der Waals surface area contributed by atoms with Gasteiger partial charge in [0.2, 0.25) is 11.8 Å². The van der Waals surface area contributed by atoms with E-state index >= 15 is 0 Å². The van der Waals surface area contributed by atoms with Crippen molar-refractivity contribution in [3.05, 3.63) is 67.7 Å². The van der Waals surface area contributed by atoms with Crippen molar-refractivity contribution < 1.29 is 19.0 Å². The Bertz CT molecular complexity index is 1080. The molecule has 1 aromatic carbocycles. The van der Waals surface area contributed by atoms with Gasteiger partial charge in [-0.05, 0) is 24.6 Å². The number of esters is 1. The van der Waals surface area contributed by atoms with Gasteiger partial charge < -0.3 is 19.9 Å². The molecule has 0 saturated heterocycles. The van der Waals surface area contributed by atoms with Crippen LogP contribution in [-0.2, 0) is 23.6 Å². The molecular weight excluding hydrogens is 366 g/mol. The van der Waals surface area contributed by atoms with E-state index in [1.54, 1.807) is 31.2 Å². The summed E-state index contributed by atoms with van der Waals surface area (Å²) in [7, 11) is 4.36. The highest BCUT2D eigenvalue weighted by Gasteiger charge is 2.39. The predicted octanol–water partition coefficient (Wildman–Crippen LogP) is 0.350. The van der Waals surface area contributed by atoms with Gasteiger partial charge in [-0.1, -0.05) is 12.1 Å². The summed E-state index contributed by atoms with van der Waals surface area (Å²) in [5, 5.41) is 0. The van der Waals surface area contributed by atoms with Crippen LogP contribution in [0.15, 0.2) is 45.3 Å². The van der Waals surface area contributed by atoms with E-state index < -0.39 is 23.1 Å². The standard InChI is InChI=1S/C19H21N3O6/c1-5-27-18(24)13-12(10-6-8-11(26-4)9-7-10)14-16(23)21(2)19(25)22(3)17(14)28-15(13)20/h6-9,12H,5,20H2,1-4H3/t12-/m0/s1. The highest BCUT2D eigenvalue weighted by atomic mass is 16.5. The van der Waals surface area contributed by atoms with Gasteiger partial charge in [0.05, 0.1) is 25.2 Å². The molecule has 0 unspecified atom stereocenters. The Morgan fingerprint density at radius 1 is 1.18 bits per heavy atom. The van der Waals surface area contributed by atoms with Crippen LogP contribution >= 0.6 is 0 Å². The quantitative estimate of drug-likeness (QED) is 0.753. The lowest BCUT2D eigenvalue weighted by Gasteiger charge is -2.29. The molecule has 0 amide bonds. The maximum Gasteiger partial charge on any atom is 0.340 e. The van der Waals surface area contributed by atoms with E-state index in [1.807, 2.05) is 0 Å². The molecule has 2 N–H and O–H groups in total. The molecule has 1 aliphatic rings. The van der Waals surface area contributed by atoms with E-state index in [9.17, 15) is 14.4 Å². The number of nitrogens with zero attached hydrogens (tertiary/aromatic N) is 2. The minimum atomic E-state index is -0.862. The highest BCUT2D eigenvalue weighted by molar-refractivity contribution is 5.92. The number of fused-ring (bicyclic) bond motifs is 1. The molecule has 1 atom stereocenters. The number of ether oxygens (including phenoxy) is 3. The van der Waals surface area contributed by atoms with Crippen LogP contribution in [0.4, 0.5) is 0 Å². The Labute approximate surface area is 160 Å². The number of nitrogens with two attached hydrogens (primary N) is 1. The summed E-state index contributed by atoms with van der Waals surface area (Å²) in [6, 6.07) is 6.84. The van der Waals surface area contributed by atoms with Crippen LogP contribution in [0.5, 0.6) is 11.6 Å². The Hall–Kier alpha value is -3.49. The molecular formula is C19H21N3O6. The van der Waals surface area contributed by atoms with Crippen LogP contribution in [-0.4, -0.2) is 28.8 Å². The fourth-order valence-corrected chi connectivity index (χ4v) is 3.22. The van der Waals surface area contributed by atoms with Crippen LogP contribution < -0.4 is 26.5 Å². The van der Waals surface area contributed by atoms with Gasteiger partial charge in [0.25, 0.3) is 5.56 Å². The lowest BCUT2D eigenvalue weighted by Crippen LogP contribution is -2.43. The van der Waals surface area contributed by atoms with Crippen molar-refractivity contribution in [2.45, 2.75) is 12.8 Å². The number of benzene rings is 1. The summed E-state index contributed by atoms with van der Waals surface area (Å²) < 4.78 is 18.0. The topological polar surface area (TPSA) is 115 Å². The number of methoxy groups -OCH3 is 1. The van der Waals surface area contributed by atoms with Crippen LogP contribution in [0.25, 0.3) is 0 Å². The molecule has 0 saturated carbocycles. The zero-order chi connectivity index (χ0) is 20.6. The Morgan fingerprint density at radius 2 is 1.82 bits per heavy atom. The van der Waals surface area contributed by atoms with Crippen LogP contribution in [0.3, 0.4) is 0 Å². The number of hydrogen-bond acceptors (Lipinski definition) is 7. The molecule has 3 rings (SSSR count). The first-order valence-corrected chi connectivity index (χ1v) is 8.60. The van der Waals surface area contributed by atoms with Crippen LogP contribution in [0.2, 0.25) is 0 Å². The average molecular weight is 387 g/mol. The van der Waals surface area contributed by atoms with E-state index in [1.165, 1.54) is 25.8 Å². The summed E-state index contributed by atoms with van der Waals surface area (Å²) in [4.78, 5) is 37.9. The van der Waals surface area contributed by atoms with E-state index in [-0.39, 0.29) is 29.5 Å². The summed E-state index contributed by atoms with van der Waals surface area (Å²) in [6.07, 6.45) is 0. The normalized spacial score (nSPS) is 15.6. The molecule has 148 valence electrons. The minimum Gasteiger partial charge on any atom is -0.497 e. The minimum absolute atomic E-state index is 0.000494. The smallest absolute Gasteiger partial charge is 0.340 e. The monoisotopic (exact) mass is 387 g/mol. The Balaban J connectivity index is 2.34. The largest absolute Gasteiger partial charge is 0.497 e. The first-order valence-electron chi connectivity index (χ1n) is 8.60. The molecule has 0 radical (unpaired) electrons. The number of hydrogen-bond donors (Lipinski definition) is 1. The second-order valence-electron chi connectivity index (χ2n) is 6.23. The summed E-state index contributed by atoms with van der Waals surface area (Å²) in [5.41, 5.74) is 5.63. The molecule has 9 nitrogen and oxygen atoms in total. The number of carbonyl (C=O) groups is 1. The number of rotatable bonds is 4. The molecule has 2 heterocycles. The molecule has 0 fully saturated rings. The van der Waals surface area contributed by atoms with Crippen molar-refractivity contribution in [2.75, 3.05) is 13.7 Å². The first-order chi connectivity index (χ1) is 13.3. The van der Waals surface area contributed by atoms with Gasteiger partial charge in [-0.3, -0.25) is 13.9 Å². The molecule has 0 bridgehead atoms. The second kappa shape index (κ2) is 7.26. The molecule has 1 aliphatic heterocycles. The average Bonchev–Trinajstić information content (AvgIpc) is 2.70. The lowest BCUT2D eigenvalue weighted by atomic mass is 9.84. The lowest BCUT2D eigenvalue weighted by molar-refractivity contribution is -0.139. The third-order valence-corrected chi connectivity index (χ3v) is 4.64. The molecule has 0 spiro atoms. The van der Waals surface area contributed by atoms with Crippen LogP contribution in [0, 0.1) is 0 Å². The van der Waals surface area contributed by atoms with Crippen molar-refractivity contribution in [1.82, 2.24) is 9.13 Å². The van der Waals surface area contributed by atoms with Gasteiger partial charge in [0.1, 0.15) is 11.3 Å². The van der Waals surface area contributed by atoms with Gasteiger partial charge >= 0.3 is 11.7 Å². The molecule has 9 heteroatoms. The fourth-order valence-electron chi connectivity index (χ4n) is 3.22. The van der Waals surface area contributed by atoms with Crippen molar-refractivity contribution >= 4 is 5.97 Å². The van der Waals surface area contributed by atoms with E-state index in [0.29, 0.717) is 11.3 Å². The maximum atomic E-state index is 13.0. The van der Waals surface area contributed by atoms with Gasteiger partial charge in [0, 0.05) is 14.1 Å². The van der Waals surface area contributed by atoms with Gasteiger partial charge in [-0.25, -0.2) is 9.59 Å². The van der Waals surface area contributed by atoms with E-state index in [0.717, 1.165) is 4.57 Å². The van der Waals surface area contributed by atoms with E-state index in [4.69, 9.17) is 19.9 Å². The van der Waals surface area contributed by atoms with Gasteiger partial charge in [-0.2, -0.15) is 0 Å².